The van der Waals surface area contributed by atoms with Crippen molar-refractivity contribution in [3.63, 3.8) is 0 Å². The Morgan fingerprint density at radius 2 is 1.55 bits per heavy atom. The first-order chi connectivity index (χ1) is 20.0. The normalized spacial score (nSPS) is 17.3. The van der Waals surface area contributed by atoms with E-state index in [0.717, 1.165) is 37.5 Å². The number of likely N-dealkylation sites (tertiary alicyclic amines) is 1. The van der Waals surface area contributed by atoms with Gasteiger partial charge in [0.05, 0.1) is 31.5 Å². The summed E-state index contributed by atoms with van der Waals surface area (Å²) in [6.45, 7) is 3.92. The molecule has 0 aromatic heterocycles. The van der Waals surface area contributed by atoms with Crippen molar-refractivity contribution in [3.05, 3.63) is 87.9 Å². The van der Waals surface area contributed by atoms with E-state index in [-0.39, 0.29) is 56.9 Å². The number of halogens is 3. The van der Waals surface area contributed by atoms with Gasteiger partial charge >= 0.3 is 11.8 Å². The lowest BCUT2D eigenvalue weighted by Crippen LogP contribution is -2.47. The third-order valence-electron chi connectivity index (χ3n) is 7.40. The summed E-state index contributed by atoms with van der Waals surface area (Å²) in [5.41, 5.74) is 0.154. The van der Waals surface area contributed by atoms with Gasteiger partial charge in [0.15, 0.2) is 11.5 Å². The minimum absolute atomic E-state index is 0.0222. The van der Waals surface area contributed by atoms with Crippen molar-refractivity contribution in [2.45, 2.75) is 51.2 Å². The molecule has 222 valence electrons. The standard InChI is InChI=1S/C31H32ClF2N3O5/c1-17-8-7-9-18(2)37(17)31(40)22-15-26(41-3)27(42-4)16-25(22)35-29(38)30(39)36-28(20-10-5-6-11-23(20)32)21-14-19(33)12-13-24(21)34/h5-6,10-18,28H,7-9H2,1-4H3,(H,35,38)(H,36,39). The lowest BCUT2D eigenvalue weighted by atomic mass is 9.96. The highest BCUT2D eigenvalue weighted by atomic mass is 35.5. The van der Waals surface area contributed by atoms with Crippen LogP contribution in [0.15, 0.2) is 54.6 Å². The van der Waals surface area contributed by atoms with Gasteiger partial charge < -0.3 is 25.0 Å². The number of rotatable bonds is 7. The number of benzene rings is 3. The van der Waals surface area contributed by atoms with Gasteiger partial charge in [0.1, 0.15) is 11.6 Å². The Balaban J connectivity index is 1.68. The van der Waals surface area contributed by atoms with Crippen LogP contribution in [0.2, 0.25) is 5.02 Å². The third-order valence-corrected chi connectivity index (χ3v) is 7.74. The van der Waals surface area contributed by atoms with E-state index in [1.54, 1.807) is 17.0 Å². The zero-order valence-electron chi connectivity index (χ0n) is 23.7. The molecule has 0 spiro atoms. The first kappa shape index (κ1) is 30.8. The van der Waals surface area contributed by atoms with Crippen molar-refractivity contribution in [1.29, 1.82) is 0 Å². The first-order valence-electron chi connectivity index (χ1n) is 13.5. The average molecular weight is 600 g/mol. The predicted octanol–water partition coefficient (Wildman–Crippen LogP) is 5.88. The maximum atomic E-state index is 14.8. The Morgan fingerprint density at radius 1 is 0.905 bits per heavy atom. The Kier molecular flexibility index (Phi) is 9.67. The summed E-state index contributed by atoms with van der Waals surface area (Å²) in [5.74, 6) is -3.72. The molecule has 8 nitrogen and oxygen atoms in total. The summed E-state index contributed by atoms with van der Waals surface area (Å²) in [7, 11) is 2.82. The number of piperidine rings is 1. The highest BCUT2D eigenvalue weighted by Gasteiger charge is 2.33. The molecule has 1 saturated heterocycles. The number of ether oxygens (including phenoxy) is 2. The van der Waals surface area contributed by atoms with Crippen LogP contribution in [-0.2, 0) is 9.59 Å². The molecular weight excluding hydrogens is 568 g/mol. The summed E-state index contributed by atoms with van der Waals surface area (Å²) in [5, 5.41) is 5.13. The van der Waals surface area contributed by atoms with Crippen LogP contribution < -0.4 is 20.1 Å². The Bertz CT molecular complexity index is 1490. The first-order valence-corrected chi connectivity index (χ1v) is 13.8. The highest BCUT2D eigenvalue weighted by Crippen LogP contribution is 2.36. The maximum Gasteiger partial charge on any atom is 0.313 e. The summed E-state index contributed by atoms with van der Waals surface area (Å²) in [4.78, 5) is 42.1. The van der Waals surface area contributed by atoms with Gasteiger partial charge in [-0.1, -0.05) is 29.8 Å². The second kappa shape index (κ2) is 13.2. The van der Waals surface area contributed by atoms with Gasteiger partial charge in [-0.2, -0.15) is 0 Å². The van der Waals surface area contributed by atoms with Crippen molar-refractivity contribution in [3.8, 4) is 11.5 Å². The number of hydrogen-bond acceptors (Lipinski definition) is 5. The average Bonchev–Trinajstić information content (AvgIpc) is 2.97. The van der Waals surface area contributed by atoms with Gasteiger partial charge in [0, 0.05) is 28.7 Å². The van der Waals surface area contributed by atoms with Gasteiger partial charge in [-0.25, -0.2) is 8.78 Å². The summed E-state index contributed by atoms with van der Waals surface area (Å²) in [6, 6.07) is 10.6. The van der Waals surface area contributed by atoms with E-state index in [4.69, 9.17) is 21.1 Å². The molecule has 1 fully saturated rings. The van der Waals surface area contributed by atoms with E-state index in [1.165, 1.54) is 38.5 Å². The van der Waals surface area contributed by atoms with E-state index in [0.29, 0.717) is 0 Å². The molecular formula is C31H32ClF2N3O5. The number of nitrogens with zero attached hydrogens (tertiary/aromatic N) is 1. The molecule has 3 aromatic carbocycles. The van der Waals surface area contributed by atoms with Crippen LogP contribution in [0.1, 0.15) is 60.6 Å². The summed E-state index contributed by atoms with van der Waals surface area (Å²) >= 11 is 6.33. The van der Waals surface area contributed by atoms with Crippen molar-refractivity contribution >= 4 is 35.0 Å². The minimum Gasteiger partial charge on any atom is -0.493 e. The number of amides is 3. The Hall–Kier alpha value is -4.18. The molecule has 1 heterocycles. The second-order valence-corrected chi connectivity index (χ2v) is 10.5. The lowest BCUT2D eigenvalue weighted by Gasteiger charge is -2.39. The van der Waals surface area contributed by atoms with Crippen LogP contribution in [-0.4, -0.2) is 48.9 Å². The monoisotopic (exact) mass is 599 g/mol. The number of carbonyl (C=O) groups is 3. The number of hydrogen-bond donors (Lipinski definition) is 2. The van der Waals surface area contributed by atoms with Crippen molar-refractivity contribution in [2.24, 2.45) is 0 Å². The smallest absolute Gasteiger partial charge is 0.313 e. The molecule has 3 unspecified atom stereocenters. The molecule has 42 heavy (non-hydrogen) atoms. The SMILES string of the molecule is COc1cc(NC(=O)C(=O)NC(c2cc(F)ccc2F)c2ccccc2Cl)c(C(=O)N2C(C)CCCC2C)cc1OC. The van der Waals surface area contributed by atoms with Gasteiger partial charge in [-0.15, -0.1) is 0 Å². The van der Waals surface area contributed by atoms with Crippen LogP contribution >= 0.6 is 11.6 Å². The fourth-order valence-electron chi connectivity index (χ4n) is 5.26. The molecule has 11 heteroatoms. The molecule has 2 N–H and O–H groups in total. The van der Waals surface area contributed by atoms with Gasteiger partial charge in [0.2, 0.25) is 0 Å². The van der Waals surface area contributed by atoms with Crippen molar-refractivity contribution < 1.29 is 32.6 Å². The molecule has 0 bridgehead atoms. The van der Waals surface area contributed by atoms with Gasteiger partial charge in [-0.05, 0) is 69.0 Å². The van der Waals surface area contributed by atoms with E-state index >= 15 is 0 Å². The van der Waals surface area contributed by atoms with E-state index in [2.05, 4.69) is 10.6 Å². The molecule has 0 radical (unpaired) electrons. The van der Waals surface area contributed by atoms with Crippen LogP contribution in [0.25, 0.3) is 0 Å². The molecule has 3 amide bonds. The molecule has 0 aliphatic carbocycles. The number of carbonyl (C=O) groups excluding carboxylic acids is 3. The fraction of sp³-hybridized carbons (Fsp3) is 0.323. The van der Waals surface area contributed by atoms with Crippen LogP contribution in [0, 0.1) is 11.6 Å². The molecule has 4 rings (SSSR count). The maximum absolute atomic E-state index is 14.8. The number of nitrogens with one attached hydrogen (secondary N) is 2. The Morgan fingerprint density at radius 3 is 2.19 bits per heavy atom. The lowest BCUT2D eigenvalue weighted by molar-refractivity contribution is -0.136. The molecule has 3 atom stereocenters. The van der Waals surface area contributed by atoms with E-state index in [9.17, 15) is 23.2 Å². The number of methoxy groups -OCH3 is 2. The second-order valence-electron chi connectivity index (χ2n) is 10.1. The highest BCUT2D eigenvalue weighted by molar-refractivity contribution is 6.40. The number of anilines is 1. The summed E-state index contributed by atoms with van der Waals surface area (Å²) < 4.78 is 39.7. The van der Waals surface area contributed by atoms with Crippen LogP contribution in [0.3, 0.4) is 0 Å². The Labute approximate surface area is 247 Å². The molecule has 1 aliphatic heterocycles. The topological polar surface area (TPSA) is 97.0 Å². The van der Waals surface area contributed by atoms with E-state index < -0.39 is 29.5 Å². The van der Waals surface area contributed by atoms with E-state index in [1.807, 2.05) is 13.8 Å². The minimum atomic E-state index is -1.30. The molecule has 1 aliphatic rings. The van der Waals surface area contributed by atoms with Crippen LogP contribution in [0.4, 0.5) is 14.5 Å². The quantitative estimate of drug-likeness (QED) is 0.331. The third kappa shape index (κ3) is 6.49. The summed E-state index contributed by atoms with van der Waals surface area (Å²) in [6.07, 6.45) is 2.64. The van der Waals surface area contributed by atoms with Gasteiger partial charge in [-0.3, -0.25) is 14.4 Å². The predicted molar refractivity (Wildman–Crippen MR) is 155 cm³/mol. The van der Waals surface area contributed by atoms with Crippen LogP contribution in [0.5, 0.6) is 11.5 Å². The zero-order valence-corrected chi connectivity index (χ0v) is 24.4. The molecule has 3 aromatic rings. The fourth-order valence-corrected chi connectivity index (χ4v) is 5.51. The van der Waals surface area contributed by atoms with Crippen molar-refractivity contribution in [2.75, 3.05) is 19.5 Å². The zero-order chi connectivity index (χ0) is 30.6. The largest absolute Gasteiger partial charge is 0.493 e. The van der Waals surface area contributed by atoms with Gasteiger partial charge in [0.25, 0.3) is 5.91 Å². The van der Waals surface area contributed by atoms with Crippen molar-refractivity contribution in [1.82, 2.24) is 10.2 Å². The molecule has 0 saturated carbocycles.